The first-order chi connectivity index (χ1) is 11.9. The summed E-state index contributed by atoms with van der Waals surface area (Å²) >= 11 is 0. The summed E-state index contributed by atoms with van der Waals surface area (Å²) in [7, 11) is 0. The monoisotopic (exact) mass is 375 g/mol. The van der Waals surface area contributed by atoms with Crippen molar-refractivity contribution in [3.63, 3.8) is 0 Å². The van der Waals surface area contributed by atoms with E-state index in [1.165, 1.54) is 6.92 Å². The van der Waals surface area contributed by atoms with E-state index >= 15 is 0 Å². The largest absolute Gasteiger partial charge is 0.481 e. The highest BCUT2D eigenvalue weighted by atomic mass is 16.4. The minimum atomic E-state index is -1.49. The first-order valence-electron chi connectivity index (χ1n) is 7.30. The van der Waals surface area contributed by atoms with Crippen LogP contribution in [0.2, 0.25) is 0 Å². The van der Waals surface area contributed by atoms with Crippen molar-refractivity contribution < 1.29 is 39.0 Å². The Hall–Kier alpha value is -3.22. The first-order valence-corrected chi connectivity index (χ1v) is 7.30. The quantitative estimate of drug-likeness (QED) is 0.185. The summed E-state index contributed by atoms with van der Waals surface area (Å²) in [6.45, 7) is 0.582. The van der Waals surface area contributed by atoms with Crippen molar-refractivity contribution in [3.8, 4) is 0 Å². The maximum absolute atomic E-state index is 12.1. The van der Waals surface area contributed by atoms with E-state index in [4.69, 9.17) is 21.7 Å². The first kappa shape index (κ1) is 22.8. The molecule has 0 aliphatic rings. The summed E-state index contributed by atoms with van der Waals surface area (Å²) in [4.78, 5) is 67.5. The summed E-state index contributed by atoms with van der Waals surface area (Å²) < 4.78 is 0. The van der Waals surface area contributed by atoms with Gasteiger partial charge in [0.2, 0.25) is 23.6 Å². The van der Waals surface area contributed by atoms with Crippen molar-refractivity contribution in [2.45, 2.75) is 37.9 Å². The van der Waals surface area contributed by atoms with Crippen molar-refractivity contribution >= 4 is 35.6 Å². The Bertz CT molecular complexity index is 593. The molecule has 3 atom stereocenters. The predicted molar refractivity (Wildman–Crippen MR) is 84.2 cm³/mol. The second-order valence-electron chi connectivity index (χ2n) is 5.28. The molecule has 0 aromatic rings. The van der Waals surface area contributed by atoms with Gasteiger partial charge in [-0.1, -0.05) is 0 Å². The van der Waals surface area contributed by atoms with Gasteiger partial charge in [-0.2, -0.15) is 0 Å². The fraction of sp³-hybridized carbons (Fsp3) is 0.538. The molecule has 4 amide bonds. The van der Waals surface area contributed by atoms with Gasteiger partial charge in [-0.25, -0.2) is 0 Å². The Morgan fingerprint density at radius 2 is 1.46 bits per heavy atom. The average molecular weight is 375 g/mol. The third kappa shape index (κ3) is 9.17. The average Bonchev–Trinajstić information content (AvgIpc) is 2.50. The predicted octanol–water partition coefficient (Wildman–Crippen LogP) is -4.15. The van der Waals surface area contributed by atoms with Gasteiger partial charge in [-0.3, -0.25) is 28.8 Å². The zero-order valence-electron chi connectivity index (χ0n) is 13.9. The van der Waals surface area contributed by atoms with Crippen LogP contribution in [0.25, 0.3) is 0 Å². The number of rotatable bonds is 11. The van der Waals surface area contributed by atoms with Crippen LogP contribution in [-0.4, -0.2) is 70.5 Å². The Labute approximate surface area is 147 Å². The minimum absolute atomic E-state index is 0.624. The SMILES string of the molecule is CC(NC(=O)C(CC(N)=O)NC(=O)C(N)CC(=O)O)C(=O)NCC(=O)O. The number of amides is 4. The summed E-state index contributed by atoms with van der Waals surface area (Å²) in [5.74, 6) is -6.35. The normalized spacial score (nSPS) is 13.6. The molecule has 13 heteroatoms. The van der Waals surface area contributed by atoms with Crippen molar-refractivity contribution in [2.75, 3.05) is 6.54 Å². The lowest BCUT2D eigenvalue weighted by Gasteiger charge is -2.21. The van der Waals surface area contributed by atoms with E-state index in [1.54, 1.807) is 0 Å². The summed E-state index contributed by atoms with van der Waals surface area (Å²) in [6.07, 6.45) is -1.33. The van der Waals surface area contributed by atoms with Gasteiger partial charge in [0.05, 0.1) is 18.9 Å². The Morgan fingerprint density at radius 3 is 1.92 bits per heavy atom. The van der Waals surface area contributed by atoms with Crippen LogP contribution in [0.1, 0.15) is 19.8 Å². The van der Waals surface area contributed by atoms with Crippen LogP contribution >= 0.6 is 0 Å². The van der Waals surface area contributed by atoms with E-state index in [9.17, 15) is 28.8 Å². The van der Waals surface area contributed by atoms with Crippen LogP contribution in [0.5, 0.6) is 0 Å². The van der Waals surface area contributed by atoms with Gasteiger partial charge in [0, 0.05) is 0 Å². The van der Waals surface area contributed by atoms with Crippen LogP contribution in [0.3, 0.4) is 0 Å². The molecule has 13 nitrogen and oxygen atoms in total. The smallest absolute Gasteiger partial charge is 0.322 e. The highest BCUT2D eigenvalue weighted by Crippen LogP contribution is 1.97. The van der Waals surface area contributed by atoms with Gasteiger partial charge in [0.1, 0.15) is 18.6 Å². The van der Waals surface area contributed by atoms with Gasteiger partial charge >= 0.3 is 11.9 Å². The lowest BCUT2D eigenvalue weighted by atomic mass is 10.1. The van der Waals surface area contributed by atoms with Crippen molar-refractivity contribution in [3.05, 3.63) is 0 Å². The fourth-order valence-corrected chi connectivity index (χ4v) is 1.67. The highest BCUT2D eigenvalue weighted by molar-refractivity contribution is 5.96. The van der Waals surface area contributed by atoms with Crippen LogP contribution < -0.4 is 27.4 Å². The molecular weight excluding hydrogens is 354 g/mol. The number of carbonyl (C=O) groups is 6. The summed E-state index contributed by atoms with van der Waals surface area (Å²) in [5, 5.41) is 23.3. The number of nitrogens with two attached hydrogens (primary N) is 2. The van der Waals surface area contributed by atoms with Crippen LogP contribution in [0.4, 0.5) is 0 Å². The van der Waals surface area contributed by atoms with Gasteiger partial charge < -0.3 is 37.6 Å². The van der Waals surface area contributed by atoms with E-state index in [-0.39, 0.29) is 0 Å². The Balaban J connectivity index is 4.90. The molecule has 0 spiro atoms. The Kier molecular flexibility index (Phi) is 9.29. The molecule has 26 heavy (non-hydrogen) atoms. The molecular formula is C13H21N5O8. The van der Waals surface area contributed by atoms with Gasteiger partial charge in [0.15, 0.2) is 0 Å². The molecule has 0 heterocycles. The molecule has 0 aromatic carbocycles. The number of aliphatic carboxylic acids is 2. The highest BCUT2D eigenvalue weighted by Gasteiger charge is 2.28. The number of hydrogen-bond donors (Lipinski definition) is 7. The molecule has 3 unspecified atom stereocenters. The molecule has 146 valence electrons. The molecule has 0 rings (SSSR count). The van der Waals surface area contributed by atoms with Crippen LogP contribution in [-0.2, 0) is 28.8 Å². The number of hydrogen-bond acceptors (Lipinski definition) is 7. The van der Waals surface area contributed by atoms with Crippen LogP contribution in [0, 0.1) is 0 Å². The second kappa shape index (κ2) is 10.6. The van der Waals surface area contributed by atoms with Gasteiger partial charge in [0.25, 0.3) is 0 Å². The van der Waals surface area contributed by atoms with Gasteiger partial charge in [-0.05, 0) is 6.92 Å². The third-order valence-corrected chi connectivity index (χ3v) is 2.94. The standard InChI is InChI=1S/C13H21N5O8/c1-5(11(24)16-4-10(22)23)17-13(26)7(3-8(15)19)18-12(25)6(14)2-9(20)21/h5-7H,2-4,14H2,1H3,(H2,15,19)(H,16,24)(H,17,26)(H,18,25)(H,20,21)(H,22,23). The molecule has 0 saturated heterocycles. The third-order valence-electron chi connectivity index (χ3n) is 2.94. The molecule has 0 saturated carbocycles. The zero-order valence-corrected chi connectivity index (χ0v) is 13.9. The second-order valence-corrected chi connectivity index (χ2v) is 5.28. The number of carbonyl (C=O) groups excluding carboxylic acids is 4. The number of carboxylic acids is 2. The van der Waals surface area contributed by atoms with E-state index in [1.807, 2.05) is 5.32 Å². The number of nitrogens with one attached hydrogen (secondary N) is 3. The van der Waals surface area contributed by atoms with Crippen molar-refractivity contribution in [2.24, 2.45) is 11.5 Å². The molecule has 0 fully saturated rings. The minimum Gasteiger partial charge on any atom is -0.481 e. The lowest BCUT2D eigenvalue weighted by molar-refractivity contribution is -0.140. The number of primary amides is 1. The van der Waals surface area contributed by atoms with E-state index < -0.39 is 73.1 Å². The maximum Gasteiger partial charge on any atom is 0.322 e. The van der Waals surface area contributed by atoms with E-state index in [2.05, 4.69) is 10.6 Å². The molecule has 0 radical (unpaired) electrons. The molecule has 0 aliphatic heterocycles. The molecule has 9 N–H and O–H groups in total. The lowest BCUT2D eigenvalue weighted by Crippen LogP contribution is -2.56. The van der Waals surface area contributed by atoms with Crippen molar-refractivity contribution in [1.29, 1.82) is 0 Å². The summed E-state index contributed by atoms with van der Waals surface area (Å²) in [6, 6.07) is -4.14. The van der Waals surface area contributed by atoms with Crippen LogP contribution in [0.15, 0.2) is 0 Å². The molecule has 0 aromatic heterocycles. The fourth-order valence-electron chi connectivity index (χ4n) is 1.67. The number of carboxylic acid groups (broad SMARTS) is 2. The summed E-state index contributed by atoms with van der Waals surface area (Å²) in [5.41, 5.74) is 10.3. The molecule has 0 bridgehead atoms. The topological polar surface area (TPSA) is 231 Å². The maximum atomic E-state index is 12.1. The van der Waals surface area contributed by atoms with E-state index in [0.717, 1.165) is 0 Å². The Morgan fingerprint density at radius 1 is 0.885 bits per heavy atom. The van der Waals surface area contributed by atoms with E-state index in [0.29, 0.717) is 0 Å². The zero-order chi connectivity index (χ0) is 20.4. The van der Waals surface area contributed by atoms with Crippen molar-refractivity contribution in [1.82, 2.24) is 16.0 Å². The van der Waals surface area contributed by atoms with Gasteiger partial charge in [-0.15, -0.1) is 0 Å². The molecule has 0 aliphatic carbocycles.